The molecule has 1 aromatic carbocycles. The number of carbonyl (C=O) groups is 2. The van der Waals surface area contributed by atoms with Gasteiger partial charge >= 0.3 is 12.1 Å². The Labute approximate surface area is 129 Å². The molecule has 6 heteroatoms. The molecule has 1 aliphatic heterocycles. The molecule has 120 valence electrons. The standard InChI is InChI=1S/C16H21NO5/c1-16(2,3)22-15(20)17-8-7-11(14(18)19)12-9-10(21-4)5-6-13(12)17/h5-6,9,11H,7-8H2,1-4H3,(H,18,19). The summed E-state index contributed by atoms with van der Waals surface area (Å²) in [5.74, 6) is -0.988. The predicted octanol–water partition coefficient (Wildman–Crippen LogP) is 3.01. The Morgan fingerprint density at radius 3 is 2.55 bits per heavy atom. The first-order valence-electron chi connectivity index (χ1n) is 7.14. The molecule has 0 saturated carbocycles. The number of ether oxygens (including phenoxy) is 2. The van der Waals surface area contributed by atoms with Crippen molar-refractivity contribution in [3.05, 3.63) is 23.8 Å². The molecular formula is C16H21NO5. The summed E-state index contributed by atoms with van der Waals surface area (Å²) >= 11 is 0. The van der Waals surface area contributed by atoms with Gasteiger partial charge in [0.25, 0.3) is 0 Å². The highest BCUT2D eigenvalue weighted by Crippen LogP contribution is 2.38. The van der Waals surface area contributed by atoms with E-state index in [9.17, 15) is 14.7 Å². The first-order chi connectivity index (χ1) is 10.2. The molecule has 1 aliphatic rings. The number of hydrogen-bond acceptors (Lipinski definition) is 4. The van der Waals surface area contributed by atoms with Gasteiger partial charge in [-0.15, -0.1) is 0 Å². The normalized spacial score (nSPS) is 17.6. The van der Waals surface area contributed by atoms with E-state index in [1.54, 1.807) is 39.0 Å². The van der Waals surface area contributed by atoms with Gasteiger partial charge in [0.1, 0.15) is 11.4 Å². The molecule has 1 aromatic rings. The van der Waals surface area contributed by atoms with E-state index < -0.39 is 23.6 Å². The third kappa shape index (κ3) is 3.32. The Hall–Kier alpha value is -2.24. The average molecular weight is 307 g/mol. The van der Waals surface area contributed by atoms with Crippen LogP contribution in [0.4, 0.5) is 10.5 Å². The van der Waals surface area contributed by atoms with E-state index in [1.165, 1.54) is 12.0 Å². The number of fused-ring (bicyclic) bond motifs is 1. The molecular weight excluding hydrogens is 286 g/mol. The van der Waals surface area contributed by atoms with Crippen LogP contribution in [0, 0.1) is 0 Å². The quantitative estimate of drug-likeness (QED) is 0.909. The summed E-state index contributed by atoms with van der Waals surface area (Å²) in [5.41, 5.74) is 0.533. The smallest absolute Gasteiger partial charge is 0.414 e. The average Bonchev–Trinajstić information content (AvgIpc) is 2.43. The largest absolute Gasteiger partial charge is 0.497 e. The first kappa shape index (κ1) is 16.1. The summed E-state index contributed by atoms with van der Waals surface area (Å²) in [6, 6.07) is 5.08. The number of rotatable bonds is 2. The van der Waals surface area contributed by atoms with Crippen LogP contribution in [0.1, 0.15) is 38.7 Å². The van der Waals surface area contributed by atoms with Gasteiger partial charge in [0.05, 0.1) is 18.7 Å². The molecule has 6 nitrogen and oxygen atoms in total. The second-order valence-electron chi connectivity index (χ2n) is 6.24. The number of aliphatic carboxylic acids is 1. The molecule has 0 saturated heterocycles. The topological polar surface area (TPSA) is 76.1 Å². The first-order valence-corrected chi connectivity index (χ1v) is 7.14. The highest BCUT2D eigenvalue weighted by Gasteiger charge is 2.34. The van der Waals surface area contributed by atoms with Gasteiger partial charge in [-0.1, -0.05) is 0 Å². The van der Waals surface area contributed by atoms with Gasteiger partial charge in [0.2, 0.25) is 0 Å². The molecule has 0 spiro atoms. The molecule has 1 unspecified atom stereocenters. The minimum absolute atomic E-state index is 0.311. The van der Waals surface area contributed by atoms with E-state index in [0.29, 0.717) is 30.0 Å². The lowest BCUT2D eigenvalue weighted by molar-refractivity contribution is -0.139. The SMILES string of the molecule is COc1ccc2c(c1)C(C(=O)O)CCN2C(=O)OC(C)(C)C. The van der Waals surface area contributed by atoms with Crippen LogP contribution in [0.5, 0.6) is 5.75 Å². The fourth-order valence-corrected chi connectivity index (χ4v) is 2.48. The van der Waals surface area contributed by atoms with E-state index in [0.717, 1.165) is 0 Å². The fraction of sp³-hybridized carbons (Fsp3) is 0.500. The van der Waals surface area contributed by atoms with Gasteiger partial charge < -0.3 is 14.6 Å². The molecule has 0 aromatic heterocycles. The summed E-state index contributed by atoms with van der Waals surface area (Å²) in [6.07, 6.45) is -0.128. The Morgan fingerprint density at radius 1 is 1.32 bits per heavy atom. The number of methoxy groups -OCH3 is 1. The molecule has 22 heavy (non-hydrogen) atoms. The Morgan fingerprint density at radius 2 is 2.00 bits per heavy atom. The van der Waals surface area contributed by atoms with E-state index in [1.807, 2.05) is 0 Å². The van der Waals surface area contributed by atoms with Crippen molar-refractivity contribution in [2.24, 2.45) is 0 Å². The van der Waals surface area contributed by atoms with Crippen LogP contribution >= 0.6 is 0 Å². The maximum Gasteiger partial charge on any atom is 0.414 e. The van der Waals surface area contributed by atoms with Crippen molar-refractivity contribution >= 4 is 17.7 Å². The van der Waals surface area contributed by atoms with E-state index in [2.05, 4.69) is 0 Å². The number of carboxylic acids is 1. The molecule has 1 N–H and O–H groups in total. The zero-order chi connectivity index (χ0) is 16.5. The van der Waals surface area contributed by atoms with Gasteiger partial charge in [-0.3, -0.25) is 9.69 Å². The summed E-state index contributed by atoms with van der Waals surface area (Å²) in [7, 11) is 1.52. The highest BCUT2D eigenvalue weighted by molar-refractivity contribution is 5.92. The van der Waals surface area contributed by atoms with Crippen molar-refractivity contribution in [1.29, 1.82) is 0 Å². The summed E-state index contributed by atoms with van der Waals surface area (Å²) in [4.78, 5) is 25.3. The second-order valence-corrected chi connectivity index (χ2v) is 6.24. The van der Waals surface area contributed by atoms with Gasteiger partial charge in [-0.05, 0) is 51.0 Å². The number of carboxylic acid groups (broad SMARTS) is 1. The number of amides is 1. The molecule has 0 radical (unpaired) electrons. The molecule has 1 amide bonds. The minimum Gasteiger partial charge on any atom is -0.497 e. The van der Waals surface area contributed by atoms with Gasteiger partial charge in [0, 0.05) is 6.54 Å². The van der Waals surface area contributed by atoms with Crippen molar-refractivity contribution in [2.75, 3.05) is 18.6 Å². The van der Waals surface area contributed by atoms with Crippen molar-refractivity contribution in [2.45, 2.75) is 38.7 Å². The van der Waals surface area contributed by atoms with Crippen LogP contribution in [0.2, 0.25) is 0 Å². The predicted molar refractivity (Wildman–Crippen MR) is 81.6 cm³/mol. The summed E-state index contributed by atoms with van der Waals surface area (Å²) < 4.78 is 10.6. The fourth-order valence-electron chi connectivity index (χ4n) is 2.48. The van der Waals surface area contributed by atoms with Crippen LogP contribution in [0.25, 0.3) is 0 Å². The Balaban J connectivity index is 2.40. The summed E-state index contributed by atoms with van der Waals surface area (Å²) in [6.45, 7) is 5.70. The van der Waals surface area contributed by atoms with Crippen LogP contribution in [-0.2, 0) is 9.53 Å². The molecule has 0 fully saturated rings. The van der Waals surface area contributed by atoms with E-state index in [-0.39, 0.29) is 0 Å². The van der Waals surface area contributed by atoms with E-state index in [4.69, 9.17) is 9.47 Å². The molecule has 2 rings (SSSR count). The molecule has 0 aliphatic carbocycles. The van der Waals surface area contributed by atoms with Crippen LogP contribution < -0.4 is 9.64 Å². The maximum absolute atomic E-state index is 12.3. The number of hydrogen-bond donors (Lipinski definition) is 1. The van der Waals surface area contributed by atoms with Crippen LogP contribution in [0.3, 0.4) is 0 Å². The van der Waals surface area contributed by atoms with Gasteiger partial charge in [-0.25, -0.2) is 4.79 Å². The Kier molecular flexibility index (Phi) is 4.30. The molecule has 1 atom stereocenters. The monoisotopic (exact) mass is 307 g/mol. The second kappa shape index (κ2) is 5.87. The number of carbonyl (C=O) groups excluding carboxylic acids is 1. The van der Waals surface area contributed by atoms with Crippen molar-refractivity contribution < 1.29 is 24.2 Å². The van der Waals surface area contributed by atoms with Crippen molar-refractivity contribution in [3.8, 4) is 5.75 Å². The maximum atomic E-state index is 12.3. The van der Waals surface area contributed by atoms with Crippen LogP contribution in [0.15, 0.2) is 18.2 Å². The lowest BCUT2D eigenvalue weighted by atomic mass is 9.90. The zero-order valence-corrected chi connectivity index (χ0v) is 13.3. The van der Waals surface area contributed by atoms with Crippen LogP contribution in [-0.4, -0.2) is 36.4 Å². The number of nitrogens with zero attached hydrogens (tertiary/aromatic N) is 1. The molecule has 0 bridgehead atoms. The lowest BCUT2D eigenvalue weighted by Gasteiger charge is -2.34. The van der Waals surface area contributed by atoms with Crippen molar-refractivity contribution in [3.63, 3.8) is 0 Å². The Bertz CT molecular complexity index is 591. The number of anilines is 1. The van der Waals surface area contributed by atoms with Gasteiger partial charge in [-0.2, -0.15) is 0 Å². The van der Waals surface area contributed by atoms with E-state index >= 15 is 0 Å². The lowest BCUT2D eigenvalue weighted by Crippen LogP contribution is -2.41. The van der Waals surface area contributed by atoms with Gasteiger partial charge in [0.15, 0.2) is 0 Å². The molecule has 1 heterocycles. The highest BCUT2D eigenvalue weighted by atomic mass is 16.6. The third-order valence-electron chi connectivity index (χ3n) is 3.45. The zero-order valence-electron chi connectivity index (χ0n) is 13.3. The summed E-state index contributed by atoms with van der Waals surface area (Å²) in [5, 5.41) is 9.38. The van der Waals surface area contributed by atoms with Crippen molar-refractivity contribution in [1.82, 2.24) is 0 Å². The minimum atomic E-state index is -0.904. The number of benzene rings is 1. The third-order valence-corrected chi connectivity index (χ3v) is 3.45.